The minimum atomic E-state index is 0.148. The van der Waals surface area contributed by atoms with E-state index in [1.165, 1.54) is 0 Å². The van der Waals surface area contributed by atoms with Crippen molar-refractivity contribution in [1.29, 1.82) is 0 Å². The summed E-state index contributed by atoms with van der Waals surface area (Å²) in [6.45, 7) is 3.56. The third kappa shape index (κ3) is 6.45. The van der Waals surface area contributed by atoms with E-state index in [0.29, 0.717) is 42.4 Å². The lowest BCUT2D eigenvalue weighted by Crippen LogP contribution is -2.40. The van der Waals surface area contributed by atoms with E-state index in [1.807, 2.05) is 38.4 Å². The number of nitrogens with one attached hydrogen (secondary N) is 2. The van der Waals surface area contributed by atoms with Crippen LogP contribution in [0.15, 0.2) is 40.1 Å². The molecule has 6 N–H and O–H groups in total. The van der Waals surface area contributed by atoms with E-state index in [4.69, 9.17) is 16.2 Å². The molecule has 1 saturated carbocycles. The molecule has 1 heterocycles. The molecule has 9 heteroatoms. The number of carbonyl (C=O) groups is 1. The average Bonchev–Trinajstić information content (AvgIpc) is 2.74. The molecule has 1 aromatic carbocycles. The van der Waals surface area contributed by atoms with Crippen LogP contribution in [0.3, 0.4) is 0 Å². The number of guanidine groups is 1. The zero-order valence-corrected chi connectivity index (χ0v) is 18.3. The Kier molecular flexibility index (Phi) is 7.88. The number of nitrogens with two attached hydrogens (primary N) is 2. The number of fused-ring (bicyclic) bond motifs is 1. The van der Waals surface area contributed by atoms with Crippen molar-refractivity contribution in [2.45, 2.75) is 51.1 Å². The minimum absolute atomic E-state index is 0.148. The first-order valence-corrected chi connectivity index (χ1v) is 10.8. The Labute approximate surface area is 183 Å². The maximum absolute atomic E-state index is 11.1. The van der Waals surface area contributed by atoms with Crippen LogP contribution in [-0.2, 0) is 4.79 Å². The van der Waals surface area contributed by atoms with Gasteiger partial charge in [0.1, 0.15) is 5.69 Å². The quantitative estimate of drug-likeness (QED) is 0.215. The van der Waals surface area contributed by atoms with Gasteiger partial charge in [0.05, 0.1) is 0 Å². The van der Waals surface area contributed by atoms with Gasteiger partial charge in [0.15, 0.2) is 23.3 Å². The summed E-state index contributed by atoms with van der Waals surface area (Å²) >= 11 is 0. The largest absolute Gasteiger partial charge is 0.450 e. The van der Waals surface area contributed by atoms with Gasteiger partial charge in [0, 0.05) is 31.9 Å². The van der Waals surface area contributed by atoms with Crippen molar-refractivity contribution in [2.24, 2.45) is 21.5 Å². The summed E-state index contributed by atoms with van der Waals surface area (Å²) < 4.78 is 6.05. The number of amidine groups is 1. The van der Waals surface area contributed by atoms with Gasteiger partial charge in [-0.25, -0.2) is 4.99 Å². The molecule has 0 spiro atoms. The Bertz CT molecular complexity index is 853. The van der Waals surface area contributed by atoms with Gasteiger partial charge < -0.3 is 31.7 Å². The smallest absolute Gasteiger partial charge is 0.212 e. The van der Waals surface area contributed by atoms with E-state index in [-0.39, 0.29) is 5.96 Å². The number of benzene rings is 1. The van der Waals surface area contributed by atoms with E-state index < -0.39 is 0 Å². The topological polar surface area (TPSA) is 130 Å². The Morgan fingerprint density at radius 2 is 2.10 bits per heavy atom. The summed E-state index contributed by atoms with van der Waals surface area (Å²) in [7, 11) is 2.05. The summed E-state index contributed by atoms with van der Waals surface area (Å²) in [5, 5.41) is 6.26. The molecule has 1 aliphatic carbocycles. The van der Waals surface area contributed by atoms with Crippen molar-refractivity contribution < 1.29 is 9.53 Å². The number of hydrogen-bond donors (Lipinski definition) is 4. The Hall–Kier alpha value is -3.07. The molecule has 0 bridgehead atoms. The molecule has 31 heavy (non-hydrogen) atoms. The molecule has 168 valence electrons. The molecular weight excluding hydrogens is 394 g/mol. The van der Waals surface area contributed by atoms with Gasteiger partial charge >= 0.3 is 0 Å². The van der Waals surface area contributed by atoms with Crippen LogP contribution < -0.4 is 26.8 Å². The molecule has 1 fully saturated rings. The first-order valence-electron chi connectivity index (χ1n) is 10.8. The molecule has 1 aromatic rings. The molecule has 2 aliphatic rings. The standard InChI is InChI=1S/C22H33N7O2/c1-15-4-9-19-18(12-15)28-21(27-14-30)20(31-19)13-29(2)17-7-5-16(6-8-17)25-10-3-11-26-22(23)24/h4,9,12-14,16-17,25H,3,5-8,10-11H2,1-2H3,(H4,23,24,26)(H,27,28,30)/b20-13+. The predicted octanol–water partition coefficient (Wildman–Crippen LogP) is 1.50. The van der Waals surface area contributed by atoms with E-state index in [2.05, 4.69) is 25.5 Å². The van der Waals surface area contributed by atoms with Gasteiger partial charge in [-0.3, -0.25) is 9.79 Å². The second-order valence-corrected chi connectivity index (χ2v) is 8.07. The summed E-state index contributed by atoms with van der Waals surface area (Å²) in [4.78, 5) is 21.8. The minimum Gasteiger partial charge on any atom is -0.450 e. The maximum Gasteiger partial charge on any atom is 0.212 e. The second kappa shape index (κ2) is 10.8. The molecule has 0 aromatic heterocycles. The van der Waals surface area contributed by atoms with Crippen LogP contribution in [0.4, 0.5) is 5.69 Å². The number of rotatable bonds is 8. The number of aliphatic imine (C=N–C) groups is 2. The number of ether oxygens (including phenoxy) is 1. The van der Waals surface area contributed by atoms with E-state index in [0.717, 1.165) is 49.9 Å². The number of aryl methyl sites for hydroxylation is 1. The Balaban J connectivity index is 1.55. The summed E-state index contributed by atoms with van der Waals surface area (Å²) in [6.07, 6.45) is 7.86. The van der Waals surface area contributed by atoms with Crippen LogP contribution in [0.2, 0.25) is 0 Å². The van der Waals surface area contributed by atoms with Crippen LogP contribution in [0.5, 0.6) is 5.75 Å². The highest BCUT2D eigenvalue weighted by Crippen LogP contribution is 2.34. The van der Waals surface area contributed by atoms with Gasteiger partial charge in [-0.2, -0.15) is 0 Å². The van der Waals surface area contributed by atoms with Crippen LogP contribution in [-0.4, -0.2) is 55.3 Å². The molecule has 9 nitrogen and oxygen atoms in total. The molecule has 1 amide bonds. The number of carbonyl (C=O) groups excluding carboxylic acids is 1. The first-order chi connectivity index (χ1) is 15.0. The number of amides is 1. The fourth-order valence-electron chi connectivity index (χ4n) is 3.96. The molecule has 3 rings (SSSR count). The molecule has 0 radical (unpaired) electrons. The molecule has 0 saturated heterocycles. The highest BCUT2D eigenvalue weighted by molar-refractivity contribution is 6.05. The lowest BCUT2D eigenvalue weighted by atomic mass is 9.90. The zero-order valence-electron chi connectivity index (χ0n) is 18.3. The van der Waals surface area contributed by atoms with Crippen molar-refractivity contribution >= 4 is 23.9 Å². The predicted molar refractivity (Wildman–Crippen MR) is 123 cm³/mol. The second-order valence-electron chi connectivity index (χ2n) is 8.07. The van der Waals surface area contributed by atoms with Crippen molar-refractivity contribution in [1.82, 2.24) is 15.5 Å². The Morgan fingerprint density at radius 3 is 2.81 bits per heavy atom. The third-order valence-corrected chi connectivity index (χ3v) is 5.65. The van der Waals surface area contributed by atoms with E-state index >= 15 is 0 Å². The first kappa shape index (κ1) is 22.6. The van der Waals surface area contributed by atoms with Gasteiger partial charge in [-0.15, -0.1) is 0 Å². The van der Waals surface area contributed by atoms with Gasteiger partial charge in [0.25, 0.3) is 0 Å². The van der Waals surface area contributed by atoms with Crippen molar-refractivity contribution in [3.8, 4) is 5.75 Å². The summed E-state index contributed by atoms with van der Waals surface area (Å²) in [5.41, 5.74) is 12.5. The zero-order chi connectivity index (χ0) is 22.2. The van der Waals surface area contributed by atoms with Crippen LogP contribution >= 0.6 is 0 Å². The van der Waals surface area contributed by atoms with Crippen LogP contribution in [0, 0.1) is 6.92 Å². The van der Waals surface area contributed by atoms with Crippen molar-refractivity contribution in [2.75, 3.05) is 20.1 Å². The Morgan fingerprint density at radius 1 is 1.32 bits per heavy atom. The fourth-order valence-corrected chi connectivity index (χ4v) is 3.96. The molecule has 1 aliphatic heterocycles. The third-order valence-electron chi connectivity index (χ3n) is 5.65. The fraction of sp³-hybridized carbons (Fsp3) is 0.500. The number of hydrogen-bond acceptors (Lipinski definition) is 6. The van der Waals surface area contributed by atoms with E-state index in [9.17, 15) is 4.79 Å². The summed E-state index contributed by atoms with van der Waals surface area (Å²) in [5.74, 6) is 1.81. The van der Waals surface area contributed by atoms with Gasteiger partial charge in [-0.1, -0.05) is 6.07 Å². The maximum atomic E-state index is 11.1. The monoisotopic (exact) mass is 427 g/mol. The van der Waals surface area contributed by atoms with Gasteiger partial charge in [0.2, 0.25) is 6.41 Å². The molecule has 0 atom stereocenters. The summed E-state index contributed by atoms with van der Waals surface area (Å²) in [6, 6.07) is 6.76. The van der Waals surface area contributed by atoms with Crippen molar-refractivity contribution in [3.63, 3.8) is 0 Å². The van der Waals surface area contributed by atoms with Crippen molar-refractivity contribution in [3.05, 3.63) is 35.7 Å². The normalized spacial score (nSPS) is 21.5. The number of nitrogens with zero attached hydrogens (tertiary/aromatic N) is 3. The van der Waals surface area contributed by atoms with E-state index in [1.54, 1.807) is 0 Å². The highest BCUT2D eigenvalue weighted by atomic mass is 16.5. The van der Waals surface area contributed by atoms with Gasteiger partial charge in [-0.05, 0) is 63.3 Å². The highest BCUT2D eigenvalue weighted by Gasteiger charge is 2.25. The van der Waals surface area contributed by atoms with Crippen LogP contribution in [0.25, 0.3) is 0 Å². The van der Waals surface area contributed by atoms with Crippen LogP contribution in [0.1, 0.15) is 37.7 Å². The SMILES string of the molecule is Cc1ccc2c(c1)N=C(NC=O)/C(=C\N(C)C1CCC(NCCCN=C(N)N)CC1)O2. The molecule has 0 unspecified atom stereocenters. The lowest BCUT2D eigenvalue weighted by Gasteiger charge is -2.35. The molecular formula is C22H33N7O2. The lowest BCUT2D eigenvalue weighted by molar-refractivity contribution is -0.108. The average molecular weight is 428 g/mol.